The first-order valence-electron chi connectivity index (χ1n) is 13.3. The van der Waals surface area contributed by atoms with E-state index < -0.39 is 8.07 Å². The van der Waals surface area contributed by atoms with Crippen LogP contribution in [0.2, 0.25) is 30.8 Å². The smallest absolute Gasteiger partial charge is 0.326 e. The van der Waals surface area contributed by atoms with Crippen LogP contribution < -0.4 is 5.69 Å². The number of H-pyrrole nitrogens is 1. The van der Waals surface area contributed by atoms with Gasteiger partial charge in [0, 0.05) is 45.1 Å². The van der Waals surface area contributed by atoms with Crippen molar-refractivity contribution in [1.29, 1.82) is 5.26 Å². The van der Waals surface area contributed by atoms with Gasteiger partial charge in [-0.3, -0.25) is 13.8 Å². The fourth-order valence-electron chi connectivity index (χ4n) is 5.67. The van der Waals surface area contributed by atoms with Crippen molar-refractivity contribution in [2.24, 2.45) is 13.0 Å². The van der Waals surface area contributed by atoms with Crippen LogP contribution >= 0.6 is 11.6 Å². The maximum atomic E-state index is 13.2. The Hall–Kier alpha value is -3.39. The highest BCUT2D eigenvalue weighted by Crippen LogP contribution is 2.45. The van der Waals surface area contributed by atoms with Crippen LogP contribution in [0, 0.1) is 17.2 Å². The maximum absolute atomic E-state index is 13.2. The predicted molar refractivity (Wildman–Crippen MR) is 157 cm³/mol. The average Bonchev–Trinajstić information content (AvgIpc) is 3.48. The van der Waals surface area contributed by atoms with E-state index in [0.29, 0.717) is 35.3 Å². The molecule has 1 saturated carbocycles. The van der Waals surface area contributed by atoms with Gasteiger partial charge in [0.05, 0.1) is 40.4 Å². The van der Waals surface area contributed by atoms with E-state index in [2.05, 4.69) is 41.9 Å². The number of hydrogen-bond acceptors (Lipinski definition) is 5. The molecule has 0 amide bonds. The molecule has 6 rings (SSSR count). The van der Waals surface area contributed by atoms with Gasteiger partial charge in [0.2, 0.25) is 0 Å². The van der Waals surface area contributed by atoms with E-state index in [1.807, 2.05) is 39.2 Å². The number of nitriles is 1. The molecule has 1 aromatic carbocycles. The van der Waals surface area contributed by atoms with E-state index >= 15 is 0 Å². The normalized spacial score (nSPS) is 17.7. The average molecular weight is 562 g/mol. The highest BCUT2D eigenvalue weighted by Gasteiger charge is 2.34. The van der Waals surface area contributed by atoms with E-state index in [1.54, 1.807) is 6.20 Å². The Morgan fingerprint density at radius 1 is 1.26 bits per heavy atom. The lowest BCUT2D eigenvalue weighted by atomic mass is 9.78. The number of fused-ring (bicyclic) bond motifs is 4. The van der Waals surface area contributed by atoms with Crippen molar-refractivity contribution >= 4 is 52.6 Å². The Bertz CT molecular complexity index is 1810. The summed E-state index contributed by atoms with van der Waals surface area (Å²) in [5.74, 6) is 0.314. The molecule has 1 N–H and O–H groups in total. The summed E-state index contributed by atoms with van der Waals surface area (Å²) >= 11 is 7.16. The largest absolute Gasteiger partial charge is 0.361 e. The molecular weight excluding hydrogens is 530 g/mol. The van der Waals surface area contributed by atoms with Crippen molar-refractivity contribution in [3.8, 4) is 17.2 Å². The molecule has 0 radical (unpaired) electrons. The van der Waals surface area contributed by atoms with Crippen molar-refractivity contribution in [1.82, 2.24) is 28.9 Å². The molecule has 39 heavy (non-hydrogen) atoms. The standard InChI is InChI=1S/C28H32ClN7O2Si/c1-34-22-6-5-18(13-19(22)14-32-34)23-24-25-21(33-28(37)36(25)20-11-17(12-20)7-8-30)15-31-27(24)35(26(23)29)16-38-9-10-39(2,3)4/h5-6,13-15,17,20H,7,9-12,16H2,1-4H3,(H,33,37)/t17-,20+. The first-order chi connectivity index (χ1) is 18.7. The molecule has 0 unspecified atom stereocenters. The molecule has 1 fully saturated rings. The van der Waals surface area contributed by atoms with E-state index in [1.165, 1.54) is 0 Å². The number of pyridine rings is 1. The number of aryl methyl sites for hydroxylation is 1. The van der Waals surface area contributed by atoms with Crippen LogP contribution in [0.5, 0.6) is 0 Å². The molecule has 4 heterocycles. The summed E-state index contributed by atoms with van der Waals surface area (Å²) in [6, 6.07) is 9.51. The van der Waals surface area contributed by atoms with Gasteiger partial charge in [-0.25, -0.2) is 9.78 Å². The summed E-state index contributed by atoms with van der Waals surface area (Å²) in [6.07, 6.45) is 5.67. The molecular formula is C28H32ClN7O2Si. The van der Waals surface area contributed by atoms with E-state index in [-0.39, 0.29) is 18.5 Å². The lowest BCUT2D eigenvalue weighted by Gasteiger charge is -2.34. The molecule has 1 aliphatic rings. The number of benzene rings is 1. The number of aromatic amines is 1. The fraction of sp³-hybridized carbons (Fsp3) is 0.429. The van der Waals surface area contributed by atoms with Gasteiger partial charge < -0.3 is 9.72 Å². The van der Waals surface area contributed by atoms with Gasteiger partial charge in [0.25, 0.3) is 0 Å². The van der Waals surface area contributed by atoms with Crippen LogP contribution in [0.1, 0.15) is 25.3 Å². The second-order valence-corrected chi connectivity index (χ2v) is 17.8. The number of ether oxygens (including phenoxy) is 1. The number of nitrogens with zero attached hydrogens (tertiary/aromatic N) is 6. The molecule has 0 spiro atoms. The molecule has 0 aliphatic heterocycles. The minimum atomic E-state index is -1.25. The molecule has 0 atom stereocenters. The van der Waals surface area contributed by atoms with Gasteiger partial charge >= 0.3 is 5.69 Å². The Labute approximate surface area is 232 Å². The number of hydrogen-bond donors (Lipinski definition) is 1. The molecule has 202 valence electrons. The number of rotatable bonds is 8. The topological polar surface area (TPSA) is 106 Å². The van der Waals surface area contributed by atoms with Crippen LogP contribution in [0.4, 0.5) is 0 Å². The van der Waals surface area contributed by atoms with Crippen LogP contribution in [0.3, 0.4) is 0 Å². The minimum absolute atomic E-state index is 0.0268. The van der Waals surface area contributed by atoms with Crippen LogP contribution in [0.15, 0.2) is 35.4 Å². The molecule has 9 nitrogen and oxygen atoms in total. The molecule has 11 heteroatoms. The van der Waals surface area contributed by atoms with Gasteiger partial charge in [-0.05, 0) is 42.5 Å². The van der Waals surface area contributed by atoms with Gasteiger partial charge in [-0.1, -0.05) is 37.3 Å². The van der Waals surface area contributed by atoms with E-state index in [9.17, 15) is 4.79 Å². The summed E-state index contributed by atoms with van der Waals surface area (Å²) < 4.78 is 11.7. The SMILES string of the molecule is Cn1ncc2cc(-c3c(Cl)n(COCC[Si](C)(C)C)c4ncc5[nH]c(=O)n([C@H]6C[C@@H](CC#N)C6)c5c34)ccc21. The Kier molecular flexibility index (Phi) is 6.41. The van der Waals surface area contributed by atoms with Crippen LogP contribution in [-0.4, -0.2) is 43.6 Å². The van der Waals surface area contributed by atoms with Crippen LogP contribution in [-0.2, 0) is 18.5 Å². The van der Waals surface area contributed by atoms with Crippen molar-refractivity contribution in [2.45, 2.75) is 57.7 Å². The summed E-state index contributed by atoms with van der Waals surface area (Å²) in [5.41, 5.74) is 4.77. The summed E-state index contributed by atoms with van der Waals surface area (Å²) in [4.78, 5) is 21.0. The van der Waals surface area contributed by atoms with Gasteiger partial charge in [0.1, 0.15) is 17.5 Å². The third kappa shape index (κ3) is 4.48. The zero-order chi connectivity index (χ0) is 27.5. The molecule has 0 saturated heterocycles. The Morgan fingerprint density at radius 3 is 2.79 bits per heavy atom. The fourth-order valence-corrected chi connectivity index (χ4v) is 6.76. The molecule has 4 aromatic heterocycles. The van der Waals surface area contributed by atoms with Gasteiger partial charge in [-0.2, -0.15) is 10.4 Å². The minimum Gasteiger partial charge on any atom is -0.361 e. The van der Waals surface area contributed by atoms with Crippen LogP contribution in [0.25, 0.3) is 44.1 Å². The number of nitrogens with one attached hydrogen (secondary N) is 1. The van der Waals surface area contributed by atoms with Gasteiger partial charge in [0.15, 0.2) is 0 Å². The van der Waals surface area contributed by atoms with Crippen molar-refractivity contribution in [3.05, 3.63) is 46.2 Å². The monoisotopic (exact) mass is 561 g/mol. The van der Waals surface area contributed by atoms with E-state index in [4.69, 9.17) is 26.6 Å². The second kappa shape index (κ2) is 9.66. The van der Waals surface area contributed by atoms with Crippen molar-refractivity contribution in [3.63, 3.8) is 0 Å². The zero-order valence-electron chi connectivity index (χ0n) is 22.7. The second-order valence-electron chi connectivity index (χ2n) is 11.9. The maximum Gasteiger partial charge on any atom is 0.326 e. The Morgan fingerprint density at radius 2 is 2.05 bits per heavy atom. The lowest BCUT2D eigenvalue weighted by Crippen LogP contribution is -2.32. The highest BCUT2D eigenvalue weighted by atomic mass is 35.5. The predicted octanol–water partition coefficient (Wildman–Crippen LogP) is 6.06. The third-order valence-electron chi connectivity index (χ3n) is 7.89. The summed E-state index contributed by atoms with van der Waals surface area (Å²) in [6.45, 7) is 7.91. The highest BCUT2D eigenvalue weighted by molar-refractivity contribution is 6.76. The first-order valence-corrected chi connectivity index (χ1v) is 17.4. The number of aromatic nitrogens is 6. The first kappa shape index (κ1) is 25.9. The van der Waals surface area contributed by atoms with E-state index in [0.717, 1.165) is 51.8 Å². The number of imidazole rings is 1. The van der Waals surface area contributed by atoms with Gasteiger partial charge in [-0.15, -0.1) is 0 Å². The third-order valence-corrected chi connectivity index (χ3v) is 9.99. The molecule has 1 aliphatic carbocycles. The molecule has 5 aromatic rings. The quantitative estimate of drug-likeness (QED) is 0.183. The Balaban J connectivity index is 1.54. The summed E-state index contributed by atoms with van der Waals surface area (Å²) in [5, 5.41) is 15.9. The van der Waals surface area contributed by atoms with Crippen molar-refractivity contribution < 1.29 is 4.74 Å². The van der Waals surface area contributed by atoms with Crippen molar-refractivity contribution in [2.75, 3.05) is 6.61 Å². The summed E-state index contributed by atoms with van der Waals surface area (Å²) in [7, 11) is 0.669. The lowest BCUT2D eigenvalue weighted by molar-refractivity contribution is 0.0901. The molecule has 0 bridgehead atoms. The number of halogens is 1. The zero-order valence-corrected chi connectivity index (χ0v) is 24.4.